The van der Waals surface area contributed by atoms with Crippen molar-refractivity contribution in [2.75, 3.05) is 30.9 Å². The molecule has 0 atom stereocenters. The van der Waals surface area contributed by atoms with Crippen molar-refractivity contribution in [2.45, 2.75) is 6.42 Å². The third-order valence-corrected chi connectivity index (χ3v) is 4.03. The predicted octanol–water partition coefficient (Wildman–Crippen LogP) is 2.81. The van der Waals surface area contributed by atoms with E-state index in [1.54, 1.807) is 43.9 Å². The topological polar surface area (TPSA) is 80.2 Å². The second kappa shape index (κ2) is 8.75. The van der Waals surface area contributed by atoms with Crippen LogP contribution in [0.1, 0.15) is 16.1 Å². The number of carbonyl (C=O) groups excluding carboxylic acids is 1. The normalized spacial score (nSPS) is 10.3. The largest absolute Gasteiger partial charge is 0.497 e. The lowest BCUT2D eigenvalue weighted by atomic mass is 10.2. The second-order valence-corrected chi connectivity index (χ2v) is 5.95. The van der Waals surface area contributed by atoms with E-state index in [-0.39, 0.29) is 5.91 Å². The van der Waals surface area contributed by atoms with E-state index >= 15 is 0 Å². The molecule has 1 amide bonds. The Hall–Kier alpha value is -3.48. The van der Waals surface area contributed by atoms with Gasteiger partial charge in [0.2, 0.25) is 5.95 Å². The lowest BCUT2D eigenvalue weighted by molar-refractivity contribution is 0.102. The number of nitrogens with zero attached hydrogens (tertiary/aromatic N) is 4. The van der Waals surface area contributed by atoms with Crippen LogP contribution >= 0.6 is 0 Å². The molecule has 7 nitrogen and oxygen atoms in total. The van der Waals surface area contributed by atoms with Crippen LogP contribution in [0.3, 0.4) is 0 Å². The molecule has 7 heteroatoms. The number of carbonyl (C=O) groups is 1. The first-order valence-electron chi connectivity index (χ1n) is 8.54. The fraction of sp³-hybridized carbons (Fsp3) is 0.200. The Morgan fingerprint density at radius 1 is 1.15 bits per heavy atom. The average molecular weight is 363 g/mol. The zero-order valence-electron chi connectivity index (χ0n) is 15.3. The first kappa shape index (κ1) is 18.3. The fourth-order valence-corrected chi connectivity index (χ4v) is 2.50. The smallest absolute Gasteiger partial charge is 0.274 e. The molecule has 0 fully saturated rings. The Balaban J connectivity index is 1.65. The van der Waals surface area contributed by atoms with Crippen molar-refractivity contribution < 1.29 is 9.53 Å². The quantitative estimate of drug-likeness (QED) is 0.695. The van der Waals surface area contributed by atoms with Crippen molar-refractivity contribution in [3.8, 4) is 5.75 Å². The monoisotopic (exact) mass is 363 g/mol. The van der Waals surface area contributed by atoms with Crippen LogP contribution in [0.15, 0.2) is 61.1 Å². The number of likely N-dealkylation sites (N-methyl/N-ethyl adjacent to an activating group) is 1. The standard InChI is InChI=1S/C20H21N5O2/c1-25(13-9-15-6-10-21-11-7-15)20-22-12-8-18(24-20)19(26)23-16-4-3-5-17(14-16)27-2/h3-8,10-12,14H,9,13H2,1-2H3,(H,23,26). The van der Waals surface area contributed by atoms with Crippen LogP contribution in [-0.4, -0.2) is 41.6 Å². The van der Waals surface area contributed by atoms with E-state index in [0.29, 0.717) is 23.1 Å². The summed E-state index contributed by atoms with van der Waals surface area (Å²) in [5.74, 6) is 0.879. The molecule has 2 aromatic heterocycles. The number of aromatic nitrogens is 3. The first-order valence-corrected chi connectivity index (χ1v) is 8.54. The molecule has 27 heavy (non-hydrogen) atoms. The molecule has 0 unspecified atom stereocenters. The van der Waals surface area contributed by atoms with Crippen LogP contribution in [0.25, 0.3) is 0 Å². The number of hydrogen-bond donors (Lipinski definition) is 1. The third kappa shape index (κ3) is 5.01. The summed E-state index contributed by atoms with van der Waals surface area (Å²) in [6.07, 6.45) is 5.97. The van der Waals surface area contributed by atoms with E-state index in [1.165, 1.54) is 5.56 Å². The molecule has 2 heterocycles. The van der Waals surface area contributed by atoms with Gasteiger partial charge in [0.25, 0.3) is 5.91 Å². The van der Waals surface area contributed by atoms with E-state index in [0.717, 1.165) is 13.0 Å². The van der Waals surface area contributed by atoms with Gasteiger partial charge in [0.1, 0.15) is 11.4 Å². The Bertz CT molecular complexity index is 902. The molecule has 0 spiro atoms. The summed E-state index contributed by atoms with van der Waals surface area (Å²) in [7, 11) is 3.49. The zero-order valence-corrected chi connectivity index (χ0v) is 15.3. The molecule has 1 N–H and O–H groups in total. The van der Waals surface area contributed by atoms with Crippen LogP contribution < -0.4 is 15.0 Å². The van der Waals surface area contributed by atoms with E-state index in [2.05, 4.69) is 20.3 Å². The van der Waals surface area contributed by atoms with Gasteiger partial charge in [-0.3, -0.25) is 9.78 Å². The zero-order chi connectivity index (χ0) is 19.1. The summed E-state index contributed by atoms with van der Waals surface area (Å²) in [5, 5.41) is 2.82. The van der Waals surface area contributed by atoms with Crippen molar-refractivity contribution in [3.63, 3.8) is 0 Å². The summed E-state index contributed by atoms with van der Waals surface area (Å²) in [6, 6.07) is 12.7. The highest BCUT2D eigenvalue weighted by Crippen LogP contribution is 2.17. The maximum atomic E-state index is 12.5. The number of methoxy groups -OCH3 is 1. The number of nitrogens with one attached hydrogen (secondary N) is 1. The molecule has 0 radical (unpaired) electrons. The highest BCUT2D eigenvalue weighted by molar-refractivity contribution is 6.03. The number of amides is 1. The van der Waals surface area contributed by atoms with Crippen molar-refractivity contribution >= 4 is 17.5 Å². The molecule has 0 saturated heterocycles. The van der Waals surface area contributed by atoms with Gasteiger partial charge < -0.3 is 15.0 Å². The van der Waals surface area contributed by atoms with Gasteiger partial charge in [-0.2, -0.15) is 0 Å². The average Bonchev–Trinajstić information content (AvgIpc) is 2.73. The van der Waals surface area contributed by atoms with E-state index in [4.69, 9.17) is 4.74 Å². The van der Waals surface area contributed by atoms with Gasteiger partial charge in [0.15, 0.2) is 0 Å². The SMILES string of the molecule is COc1cccc(NC(=O)c2ccnc(N(C)CCc3ccncc3)n2)c1. The van der Waals surface area contributed by atoms with Crippen LogP contribution in [0, 0.1) is 0 Å². The number of anilines is 2. The van der Waals surface area contributed by atoms with E-state index in [1.807, 2.05) is 36.2 Å². The van der Waals surface area contributed by atoms with E-state index in [9.17, 15) is 4.79 Å². The van der Waals surface area contributed by atoms with Gasteiger partial charge in [-0.25, -0.2) is 9.97 Å². The summed E-state index contributed by atoms with van der Waals surface area (Å²) >= 11 is 0. The van der Waals surface area contributed by atoms with Gasteiger partial charge >= 0.3 is 0 Å². The van der Waals surface area contributed by atoms with Crippen molar-refractivity contribution in [2.24, 2.45) is 0 Å². The molecule has 0 aliphatic carbocycles. The van der Waals surface area contributed by atoms with E-state index < -0.39 is 0 Å². The van der Waals surface area contributed by atoms with Crippen molar-refractivity contribution in [1.29, 1.82) is 0 Å². The molecule has 3 rings (SSSR count). The van der Waals surface area contributed by atoms with Crippen LogP contribution in [0.5, 0.6) is 5.75 Å². The maximum Gasteiger partial charge on any atom is 0.274 e. The minimum Gasteiger partial charge on any atom is -0.497 e. The number of pyridine rings is 1. The number of benzene rings is 1. The molecule has 0 saturated carbocycles. The van der Waals surface area contributed by atoms with Crippen molar-refractivity contribution in [1.82, 2.24) is 15.0 Å². The molecule has 3 aromatic rings. The first-order chi connectivity index (χ1) is 13.2. The molecule has 138 valence electrons. The highest BCUT2D eigenvalue weighted by atomic mass is 16.5. The maximum absolute atomic E-state index is 12.5. The predicted molar refractivity (Wildman–Crippen MR) is 104 cm³/mol. The molecule has 1 aromatic carbocycles. The lowest BCUT2D eigenvalue weighted by Crippen LogP contribution is -2.24. The van der Waals surface area contributed by atoms with Crippen molar-refractivity contribution in [3.05, 3.63) is 72.3 Å². The molecule has 0 aliphatic rings. The summed E-state index contributed by atoms with van der Waals surface area (Å²) in [5.41, 5.74) is 2.13. The van der Waals surface area contributed by atoms with Crippen LogP contribution in [0.4, 0.5) is 11.6 Å². The number of hydrogen-bond acceptors (Lipinski definition) is 6. The third-order valence-electron chi connectivity index (χ3n) is 4.03. The second-order valence-electron chi connectivity index (χ2n) is 5.95. The minimum absolute atomic E-state index is 0.297. The Kier molecular flexibility index (Phi) is 5.94. The Morgan fingerprint density at radius 2 is 1.96 bits per heavy atom. The van der Waals surface area contributed by atoms with Gasteiger partial charge in [-0.15, -0.1) is 0 Å². The van der Waals surface area contributed by atoms with Gasteiger partial charge in [-0.05, 0) is 42.3 Å². The Morgan fingerprint density at radius 3 is 2.74 bits per heavy atom. The molecular weight excluding hydrogens is 342 g/mol. The Labute approximate surface area is 158 Å². The van der Waals surface area contributed by atoms with Gasteiger partial charge in [0.05, 0.1) is 7.11 Å². The van der Waals surface area contributed by atoms with Gasteiger partial charge in [0, 0.05) is 43.9 Å². The minimum atomic E-state index is -0.297. The molecule has 0 bridgehead atoms. The summed E-state index contributed by atoms with van der Waals surface area (Å²) in [6.45, 7) is 0.727. The molecule has 0 aliphatic heterocycles. The van der Waals surface area contributed by atoms with Gasteiger partial charge in [-0.1, -0.05) is 6.07 Å². The number of ether oxygens (including phenoxy) is 1. The van der Waals surface area contributed by atoms with Crippen LogP contribution in [-0.2, 0) is 6.42 Å². The molecular formula is C20H21N5O2. The summed E-state index contributed by atoms with van der Waals surface area (Å²) < 4.78 is 5.17. The summed E-state index contributed by atoms with van der Waals surface area (Å²) in [4.78, 5) is 27.1. The fourth-order valence-electron chi connectivity index (χ4n) is 2.50. The lowest BCUT2D eigenvalue weighted by Gasteiger charge is -2.17. The number of rotatable bonds is 7. The van der Waals surface area contributed by atoms with Crippen LogP contribution in [0.2, 0.25) is 0 Å². The highest BCUT2D eigenvalue weighted by Gasteiger charge is 2.12.